The number of pyridine rings is 1. The molecule has 3 aromatic heterocycles. The predicted octanol–water partition coefficient (Wildman–Crippen LogP) is 17.9. The highest BCUT2D eigenvalue weighted by molar-refractivity contribution is 7.19. The van der Waals surface area contributed by atoms with Crippen molar-refractivity contribution < 1.29 is 0 Å². The van der Waals surface area contributed by atoms with E-state index in [2.05, 4.69) is 267 Å². The Morgan fingerprint density at radius 3 is 0.765 bits per heavy atom. The number of aromatic nitrogens is 1. The highest BCUT2D eigenvalue weighted by atomic mass is 32.1. The Kier molecular flexibility index (Phi) is 12.3. The molecule has 3 heterocycles. The second kappa shape index (κ2) is 19.7. The molecule has 0 unspecified atom stereocenters. The summed E-state index contributed by atoms with van der Waals surface area (Å²) in [5.74, 6) is 0. The van der Waals surface area contributed by atoms with E-state index in [1.807, 2.05) is 6.20 Å². The van der Waals surface area contributed by atoms with Gasteiger partial charge in [-0.15, -0.1) is 22.7 Å². The van der Waals surface area contributed by atoms with E-state index in [0.717, 1.165) is 16.1 Å². The molecule has 0 aliphatic rings. The monoisotopic (exact) mass is 903 g/mol. The summed E-state index contributed by atoms with van der Waals surface area (Å²) in [6.45, 7) is 0. The van der Waals surface area contributed by atoms with Gasteiger partial charge in [0.15, 0.2) is 0 Å². The Morgan fingerprint density at radius 1 is 0.221 bits per heavy atom. The Hall–Kier alpha value is -8.21. The molecule has 322 valence electrons. The second-order valence-electron chi connectivity index (χ2n) is 16.6. The van der Waals surface area contributed by atoms with Crippen LogP contribution in [0.5, 0.6) is 0 Å². The molecule has 0 spiro atoms. The minimum Gasteiger partial charge on any atom is -0.255 e. The van der Waals surface area contributed by atoms with Crippen LogP contribution in [0.25, 0.3) is 64.2 Å². The first kappa shape index (κ1) is 42.4. The Balaban J connectivity index is 0.845. The third kappa shape index (κ3) is 9.01. The molecule has 0 fully saturated rings. The summed E-state index contributed by atoms with van der Waals surface area (Å²) in [4.78, 5) is 9.78. The molecule has 1 nitrogen and oxygen atoms in total. The number of hydrogen-bond acceptors (Lipinski definition) is 3. The van der Waals surface area contributed by atoms with Crippen molar-refractivity contribution in [2.75, 3.05) is 0 Å². The van der Waals surface area contributed by atoms with Crippen LogP contribution in [0.1, 0.15) is 44.5 Å². The van der Waals surface area contributed by atoms with E-state index in [9.17, 15) is 0 Å². The molecule has 0 saturated carbocycles. The lowest BCUT2D eigenvalue weighted by Crippen LogP contribution is -1.97. The number of rotatable bonds is 12. The van der Waals surface area contributed by atoms with Crippen LogP contribution >= 0.6 is 22.7 Å². The van der Waals surface area contributed by atoms with E-state index in [-0.39, 0.29) is 0 Å². The van der Waals surface area contributed by atoms with Crippen LogP contribution in [0.4, 0.5) is 0 Å². The molecule has 0 amide bonds. The maximum absolute atomic E-state index is 4.99. The van der Waals surface area contributed by atoms with Crippen molar-refractivity contribution in [3.8, 4) is 41.9 Å². The van der Waals surface area contributed by atoms with E-state index in [1.165, 1.54) is 92.6 Å². The zero-order valence-electron chi connectivity index (χ0n) is 37.2. The predicted molar refractivity (Wildman–Crippen MR) is 290 cm³/mol. The molecule has 0 atom stereocenters. The molecule has 0 N–H and O–H groups in total. The lowest BCUT2D eigenvalue weighted by molar-refractivity contribution is 1.34. The molecule has 0 aliphatic carbocycles. The van der Waals surface area contributed by atoms with E-state index in [4.69, 9.17) is 4.98 Å². The average molecular weight is 904 g/mol. The summed E-state index contributed by atoms with van der Waals surface area (Å²) < 4.78 is 0. The Labute approximate surface area is 407 Å². The molecule has 3 heteroatoms. The number of nitrogens with zero attached hydrogens (tertiary/aromatic N) is 1. The molecule has 0 aliphatic heterocycles. The lowest BCUT2D eigenvalue weighted by Gasteiger charge is -2.18. The highest BCUT2D eigenvalue weighted by Gasteiger charge is 2.19. The fourth-order valence-electron chi connectivity index (χ4n) is 9.02. The number of benzene rings is 8. The third-order valence-corrected chi connectivity index (χ3v) is 14.6. The quantitative estimate of drug-likeness (QED) is 0.111. The van der Waals surface area contributed by atoms with Crippen molar-refractivity contribution in [2.45, 2.75) is 0 Å². The molecule has 11 rings (SSSR count). The number of thiophene rings is 2. The van der Waals surface area contributed by atoms with E-state index in [1.54, 1.807) is 22.7 Å². The van der Waals surface area contributed by atoms with Crippen molar-refractivity contribution >= 4 is 45.0 Å². The van der Waals surface area contributed by atoms with Crippen LogP contribution < -0.4 is 0 Å². The van der Waals surface area contributed by atoms with Crippen LogP contribution in [0.3, 0.4) is 0 Å². The first-order chi connectivity index (χ1) is 33.7. The molecule has 68 heavy (non-hydrogen) atoms. The Morgan fingerprint density at radius 2 is 0.471 bits per heavy atom. The van der Waals surface area contributed by atoms with Gasteiger partial charge in [0.05, 0.1) is 10.6 Å². The van der Waals surface area contributed by atoms with Crippen LogP contribution in [0.15, 0.2) is 273 Å². The van der Waals surface area contributed by atoms with Gasteiger partial charge in [-0.05, 0) is 114 Å². The first-order valence-electron chi connectivity index (χ1n) is 22.9. The van der Waals surface area contributed by atoms with Crippen molar-refractivity contribution in [2.24, 2.45) is 0 Å². The zero-order chi connectivity index (χ0) is 45.5. The van der Waals surface area contributed by atoms with Gasteiger partial charge < -0.3 is 0 Å². The van der Waals surface area contributed by atoms with E-state index in [0.29, 0.717) is 0 Å². The standard InChI is InChI=1S/C65H45NS2/c1-7-19-48(20-8-1)62(49-21-9-2-10-22-49)64(52-27-15-5-16-28-52)54-35-31-46(32-36-54)58-41-42-60(67-58)56-39-40-57(66-45-56)61-44-43-59(68-61)47-33-37-55(38-34-47)65(53-29-17-6-18-30-53)63(50-23-11-3-12-24-50)51-25-13-4-14-26-51/h1-45H. The normalized spacial score (nSPS) is 10.9. The fraction of sp³-hybridized carbons (Fsp3) is 0. The van der Waals surface area contributed by atoms with Crippen molar-refractivity contribution in [3.63, 3.8) is 0 Å². The van der Waals surface area contributed by atoms with Gasteiger partial charge in [0.1, 0.15) is 0 Å². The largest absolute Gasteiger partial charge is 0.255 e. The van der Waals surface area contributed by atoms with Gasteiger partial charge in [-0.25, -0.2) is 0 Å². The van der Waals surface area contributed by atoms with Crippen LogP contribution in [-0.2, 0) is 0 Å². The third-order valence-electron chi connectivity index (χ3n) is 12.3. The summed E-state index contributed by atoms with van der Waals surface area (Å²) in [6.07, 6.45) is 2.02. The summed E-state index contributed by atoms with van der Waals surface area (Å²) in [5, 5.41) is 0. The van der Waals surface area contributed by atoms with Crippen molar-refractivity contribution in [1.29, 1.82) is 0 Å². The molecular formula is C65H45NS2. The van der Waals surface area contributed by atoms with Gasteiger partial charge in [0.25, 0.3) is 0 Å². The first-order valence-corrected chi connectivity index (χ1v) is 24.6. The van der Waals surface area contributed by atoms with E-state index >= 15 is 0 Å². The minimum atomic E-state index is 0.978. The van der Waals surface area contributed by atoms with Crippen molar-refractivity contribution in [3.05, 3.63) is 318 Å². The topological polar surface area (TPSA) is 12.9 Å². The van der Waals surface area contributed by atoms with Crippen LogP contribution in [0, 0.1) is 0 Å². The second-order valence-corrected chi connectivity index (χ2v) is 18.8. The van der Waals surface area contributed by atoms with Crippen molar-refractivity contribution in [1.82, 2.24) is 4.98 Å². The molecule has 0 bridgehead atoms. The average Bonchev–Trinajstić information content (AvgIpc) is 4.13. The zero-order valence-corrected chi connectivity index (χ0v) is 38.9. The molecule has 8 aromatic carbocycles. The lowest BCUT2D eigenvalue weighted by atomic mass is 9.85. The number of hydrogen-bond donors (Lipinski definition) is 0. The van der Waals surface area contributed by atoms with Gasteiger partial charge >= 0.3 is 0 Å². The molecule has 0 saturated heterocycles. The summed E-state index contributed by atoms with van der Waals surface area (Å²) >= 11 is 3.58. The molecule has 11 aromatic rings. The maximum Gasteiger partial charge on any atom is 0.0802 e. The van der Waals surface area contributed by atoms with Gasteiger partial charge in [0, 0.05) is 26.4 Å². The SMILES string of the molecule is c1ccc(C(=C(c2ccccc2)c2ccc(-c3ccc(-c4ccc(-c5ccc(-c6ccc(C(=C(c7ccccc7)c7ccccc7)c7ccccc7)cc6)s5)nc4)s3)cc2)c2ccccc2)cc1. The van der Waals surface area contributed by atoms with Gasteiger partial charge in [-0.3, -0.25) is 4.98 Å². The van der Waals surface area contributed by atoms with Gasteiger partial charge in [-0.1, -0.05) is 231 Å². The van der Waals surface area contributed by atoms with Gasteiger partial charge in [0.2, 0.25) is 0 Å². The van der Waals surface area contributed by atoms with Gasteiger partial charge in [-0.2, -0.15) is 0 Å². The highest BCUT2D eigenvalue weighted by Crippen LogP contribution is 2.42. The summed E-state index contributed by atoms with van der Waals surface area (Å²) in [7, 11) is 0. The summed E-state index contributed by atoms with van der Waals surface area (Å²) in [6, 6.07) is 95.8. The van der Waals surface area contributed by atoms with E-state index < -0.39 is 0 Å². The minimum absolute atomic E-state index is 0.978. The van der Waals surface area contributed by atoms with Crippen LogP contribution in [-0.4, -0.2) is 4.98 Å². The fourth-order valence-corrected chi connectivity index (χ4v) is 11.0. The maximum atomic E-state index is 4.99. The van der Waals surface area contributed by atoms with Crippen LogP contribution in [0.2, 0.25) is 0 Å². The molecular weight excluding hydrogens is 859 g/mol. The smallest absolute Gasteiger partial charge is 0.0802 e. The molecule has 0 radical (unpaired) electrons. The Bertz CT molecular complexity index is 3140. The summed E-state index contributed by atoms with van der Waals surface area (Å²) in [5.41, 5.74) is 18.8.